The van der Waals surface area contributed by atoms with Crippen LogP contribution >= 0.6 is 11.6 Å². The van der Waals surface area contributed by atoms with Gasteiger partial charge in [0, 0.05) is 11.6 Å². The summed E-state index contributed by atoms with van der Waals surface area (Å²) in [5, 5.41) is 13.5. The second-order valence-corrected chi connectivity index (χ2v) is 4.57. The Morgan fingerprint density at radius 3 is 2.74 bits per heavy atom. The molecule has 102 valence electrons. The zero-order valence-corrected chi connectivity index (χ0v) is 11.1. The van der Waals surface area contributed by atoms with Crippen LogP contribution in [0.2, 0.25) is 5.02 Å². The van der Waals surface area contributed by atoms with Crippen LogP contribution in [0, 0.1) is 0 Å². The fourth-order valence-electron chi connectivity index (χ4n) is 1.56. The average molecular weight is 282 g/mol. The molecule has 1 aromatic heterocycles. The SMILES string of the molecule is OC(CNCc1ccco1)COc1ccc(Cl)cc1. The molecule has 1 aromatic carbocycles. The Balaban J connectivity index is 1.64. The van der Waals surface area contributed by atoms with Crippen molar-refractivity contribution in [3.05, 3.63) is 53.4 Å². The number of hydrogen-bond acceptors (Lipinski definition) is 4. The summed E-state index contributed by atoms with van der Waals surface area (Å²) in [7, 11) is 0. The number of aliphatic hydroxyl groups is 1. The summed E-state index contributed by atoms with van der Waals surface area (Å²) in [6.07, 6.45) is 1.04. The summed E-state index contributed by atoms with van der Waals surface area (Å²) in [6.45, 7) is 1.26. The number of furan rings is 1. The van der Waals surface area contributed by atoms with Crippen LogP contribution in [0.5, 0.6) is 5.75 Å². The largest absolute Gasteiger partial charge is 0.491 e. The third kappa shape index (κ3) is 4.95. The molecule has 0 aliphatic carbocycles. The molecule has 19 heavy (non-hydrogen) atoms. The van der Waals surface area contributed by atoms with Crippen molar-refractivity contribution in [2.24, 2.45) is 0 Å². The van der Waals surface area contributed by atoms with Gasteiger partial charge in [-0.3, -0.25) is 0 Å². The van der Waals surface area contributed by atoms with Crippen molar-refractivity contribution in [3.8, 4) is 5.75 Å². The maximum Gasteiger partial charge on any atom is 0.119 e. The first kappa shape index (κ1) is 13.9. The van der Waals surface area contributed by atoms with Gasteiger partial charge in [-0.2, -0.15) is 0 Å². The second kappa shape index (κ2) is 7.19. The number of aliphatic hydroxyl groups excluding tert-OH is 1. The van der Waals surface area contributed by atoms with Gasteiger partial charge in [0.2, 0.25) is 0 Å². The van der Waals surface area contributed by atoms with E-state index in [1.54, 1.807) is 30.5 Å². The molecule has 4 nitrogen and oxygen atoms in total. The van der Waals surface area contributed by atoms with Gasteiger partial charge < -0.3 is 19.6 Å². The minimum Gasteiger partial charge on any atom is -0.491 e. The second-order valence-electron chi connectivity index (χ2n) is 4.13. The van der Waals surface area contributed by atoms with Crippen molar-refractivity contribution < 1.29 is 14.3 Å². The van der Waals surface area contributed by atoms with Crippen LogP contribution in [0.4, 0.5) is 0 Å². The summed E-state index contributed by atoms with van der Waals surface area (Å²) >= 11 is 5.77. The van der Waals surface area contributed by atoms with E-state index >= 15 is 0 Å². The maximum absolute atomic E-state index is 9.75. The van der Waals surface area contributed by atoms with E-state index in [0.29, 0.717) is 23.9 Å². The lowest BCUT2D eigenvalue weighted by atomic mass is 10.3. The van der Waals surface area contributed by atoms with E-state index < -0.39 is 6.10 Å². The summed E-state index contributed by atoms with van der Waals surface area (Å²) in [6, 6.07) is 10.7. The summed E-state index contributed by atoms with van der Waals surface area (Å²) in [4.78, 5) is 0. The molecule has 2 rings (SSSR count). The fourth-order valence-corrected chi connectivity index (χ4v) is 1.68. The van der Waals surface area contributed by atoms with Crippen LogP contribution in [0.15, 0.2) is 47.1 Å². The highest BCUT2D eigenvalue weighted by Crippen LogP contribution is 2.15. The van der Waals surface area contributed by atoms with Crippen molar-refractivity contribution in [1.29, 1.82) is 0 Å². The predicted octanol–water partition coefficient (Wildman–Crippen LogP) is 2.46. The molecule has 0 fully saturated rings. The van der Waals surface area contributed by atoms with Crippen molar-refractivity contribution in [3.63, 3.8) is 0 Å². The summed E-state index contributed by atoms with van der Waals surface area (Å²) in [5.74, 6) is 1.53. The average Bonchev–Trinajstić information content (AvgIpc) is 2.91. The van der Waals surface area contributed by atoms with Gasteiger partial charge in [0.05, 0.1) is 12.8 Å². The smallest absolute Gasteiger partial charge is 0.119 e. The van der Waals surface area contributed by atoms with E-state index in [9.17, 15) is 5.11 Å². The van der Waals surface area contributed by atoms with E-state index in [4.69, 9.17) is 20.8 Å². The lowest BCUT2D eigenvalue weighted by Crippen LogP contribution is -2.31. The van der Waals surface area contributed by atoms with Gasteiger partial charge in [0.1, 0.15) is 24.2 Å². The zero-order chi connectivity index (χ0) is 13.5. The molecule has 0 radical (unpaired) electrons. The normalized spacial score (nSPS) is 12.3. The van der Waals surface area contributed by atoms with Crippen molar-refractivity contribution >= 4 is 11.6 Å². The Morgan fingerprint density at radius 1 is 1.26 bits per heavy atom. The number of rotatable bonds is 7. The molecule has 1 atom stereocenters. The molecule has 0 saturated carbocycles. The Morgan fingerprint density at radius 2 is 2.05 bits per heavy atom. The van der Waals surface area contributed by atoms with E-state index in [0.717, 1.165) is 5.76 Å². The molecule has 0 spiro atoms. The molecule has 2 aromatic rings. The van der Waals surface area contributed by atoms with Crippen molar-refractivity contribution in [2.75, 3.05) is 13.2 Å². The van der Waals surface area contributed by atoms with Gasteiger partial charge in [-0.05, 0) is 36.4 Å². The van der Waals surface area contributed by atoms with Crippen LogP contribution in [0.1, 0.15) is 5.76 Å². The quantitative estimate of drug-likeness (QED) is 0.819. The zero-order valence-electron chi connectivity index (χ0n) is 10.4. The number of benzene rings is 1. The Kier molecular flexibility index (Phi) is 5.27. The van der Waals surface area contributed by atoms with Gasteiger partial charge in [-0.15, -0.1) is 0 Å². The Hall–Kier alpha value is -1.49. The van der Waals surface area contributed by atoms with Crippen LogP contribution < -0.4 is 10.1 Å². The molecular weight excluding hydrogens is 266 g/mol. The van der Waals surface area contributed by atoms with Crippen LogP contribution in [0.25, 0.3) is 0 Å². The highest BCUT2D eigenvalue weighted by atomic mass is 35.5. The highest BCUT2D eigenvalue weighted by molar-refractivity contribution is 6.30. The minimum atomic E-state index is -0.578. The van der Waals surface area contributed by atoms with Gasteiger partial charge in [0.15, 0.2) is 0 Å². The van der Waals surface area contributed by atoms with E-state index in [1.807, 2.05) is 12.1 Å². The van der Waals surface area contributed by atoms with Crippen LogP contribution in [-0.2, 0) is 6.54 Å². The molecule has 0 saturated heterocycles. The monoisotopic (exact) mass is 281 g/mol. The van der Waals surface area contributed by atoms with Gasteiger partial charge >= 0.3 is 0 Å². The molecule has 0 aliphatic rings. The van der Waals surface area contributed by atoms with E-state index in [2.05, 4.69) is 5.32 Å². The van der Waals surface area contributed by atoms with Gasteiger partial charge in [0.25, 0.3) is 0 Å². The first-order valence-electron chi connectivity index (χ1n) is 6.03. The van der Waals surface area contributed by atoms with Crippen molar-refractivity contribution in [2.45, 2.75) is 12.6 Å². The third-order valence-corrected chi connectivity index (χ3v) is 2.77. The van der Waals surface area contributed by atoms with Crippen molar-refractivity contribution in [1.82, 2.24) is 5.32 Å². The lowest BCUT2D eigenvalue weighted by Gasteiger charge is -2.12. The highest BCUT2D eigenvalue weighted by Gasteiger charge is 2.05. The molecule has 0 bridgehead atoms. The first-order valence-corrected chi connectivity index (χ1v) is 6.41. The predicted molar refractivity (Wildman–Crippen MR) is 73.4 cm³/mol. The summed E-state index contributed by atoms with van der Waals surface area (Å²) in [5.41, 5.74) is 0. The standard InChI is InChI=1S/C14H16ClNO3/c15-11-3-5-13(6-4-11)19-10-12(17)8-16-9-14-2-1-7-18-14/h1-7,12,16-17H,8-10H2. The van der Waals surface area contributed by atoms with E-state index in [-0.39, 0.29) is 6.61 Å². The van der Waals surface area contributed by atoms with Crippen LogP contribution in [-0.4, -0.2) is 24.4 Å². The third-order valence-electron chi connectivity index (χ3n) is 2.52. The lowest BCUT2D eigenvalue weighted by molar-refractivity contribution is 0.106. The molecule has 2 N–H and O–H groups in total. The van der Waals surface area contributed by atoms with Crippen LogP contribution in [0.3, 0.4) is 0 Å². The maximum atomic E-state index is 9.75. The van der Waals surface area contributed by atoms with E-state index in [1.165, 1.54) is 0 Å². The molecule has 0 aliphatic heterocycles. The topological polar surface area (TPSA) is 54.6 Å². The number of ether oxygens (including phenoxy) is 1. The molecule has 0 amide bonds. The molecule has 5 heteroatoms. The number of hydrogen-bond donors (Lipinski definition) is 2. The molecule has 1 heterocycles. The van der Waals surface area contributed by atoms with Gasteiger partial charge in [-0.1, -0.05) is 11.6 Å². The first-order chi connectivity index (χ1) is 9.24. The summed E-state index contributed by atoms with van der Waals surface area (Å²) < 4.78 is 10.6. The number of nitrogens with one attached hydrogen (secondary N) is 1. The molecule has 1 unspecified atom stereocenters. The Bertz CT molecular complexity index is 470. The minimum absolute atomic E-state index is 0.229. The number of halogens is 1. The fraction of sp³-hybridized carbons (Fsp3) is 0.286. The Labute approximate surface area is 117 Å². The molecular formula is C14H16ClNO3. The van der Waals surface area contributed by atoms with Gasteiger partial charge in [-0.25, -0.2) is 0 Å².